The topological polar surface area (TPSA) is 68.0 Å². The van der Waals surface area contributed by atoms with Crippen molar-refractivity contribution in [2.24, 2.45) is 0 Å². The highest BCUT2D eigenvalue weighted by Crippen LogP contribution is 2.28. The first-order valence-corrected chi connectivity index (χ1v) is 11.5. The summed E-state index contributed by atoms with van der Waals surface area (Å²) < 4.78 is 5.24. The molecule has 1 atom stereocenters. The molecule has 1 amide bonds. The molecule has 0 aliphatic rings. The fourth-order valence-electron chi connectivity index (χ4n) is 3.48. The quantitative estimate of drug-likeness (QED) is 0.348. The van der Waals surface area contributed by atoms with Crippen LogP contribution >= 0.6 is 11.8 Å². The summed E-state index contributed by atoms with van der Waals surface area (Å²) >= 11 is 1.51. The Balaban J connectivity index is 1.44. The van der Waals surface area contributed by atoms with Crippen molar-refractivity contribution in [1.29, 1.82) is 0 Å². The molecule has 0 aliphatic heterocycles. The van der Waals surface area contributed by atoms with Gasteiger partial charge in [0.2, 0.25) is 0 Å². The molecule has 32 heavy (non-hydrogen) atoms. The van der Waals surface area contributed by atoms with Gasteiger partial charge in [0.1, 0.15) is 10.8 Å². The van der Waals surface area contributed by atoms with E-state index in [1.54, 1.807) is 12.3 Å². The number of carbonyl (C=O) groups excluding carboxylic acids is 1. The van der Waals surface area contributed by atoms with Gasteiger partial charge in [-0.25, -0.2) is 4.98 Å². The third-order valence-electron chi connectivity index (χ3n) is 5.42. The van der Waals surface area contributed by atoms with Crippen molar-refractivity contribution >= 4 is 17.7 Å². The average molecular weight is 444 g/mol. The molecule has 0 spiro atoms. The Morgan fingerprint density at radius 1 is 1.00 bits per heavy atom. The number of rotatable bonds is 7. The summed E-state index contributed by atoms with van der Waals surface area (Å²) in [6, 6.07) is 22.0. The van der Waals surface area contributed by atoms with Crippen LogP contribution in [-0.2, 0) is 5.75 Å². The van der Waals surface area contributed by atoms with E-state index >= 15 is 0 Å². The van der Waals surface area contributed by atoms with Gasteiger partial charge >= 0.3 is 0 Å². The van der Waals surface area contributed by atoms with Gasteiger partial charge in [-0.05, 0) is 49.6 Å². The predicted molar refractivity (Wildman–Crippen MR) is 128 cm³/mol. The van der Waals surface area contributed by atoms with Crippen LogP contribution in [0.15, 0.2) is 82.5 Å². The highest BCUT2D eigenvalue weighted by atomic mass is 32.2. The highest BCUT2D eigenvalue weighted by molar-refractivity contribution is 7.98. The van der Waals surface area contributed by atoms with Crippen molar-refractivity contribution in [1.82, 2.24) is 15.5 Å². The van der Waals surface area contributed by atoms with Gasteiger partial charge in [-0.15, -0.1) is 11.8 Å². The third-order valence-corrected chi connectivity index (χ3v) is 6.45. The van der Waals surface area contributed by atoms with Crippen molar-refractivity contribution in [2.45, 2.75) is 37.6 Å². The summed E-state index contributed by atoms with van der Waals surface area (Å²) in [4.78, 5) is 17.5. The molecule has 0 saturated carbocycles. The number of thioether (sulfide) groups is 1. The van der Waals surface area contributed by atoms with Crippen molar-refractivity contribution in [2.75, 3.05) is 0 Å². The normalized spacial score (nSPS) is 11.8. The monoisotopic (exact) mass is 443 g/mol. The second-order valence-electron chi connectivity index (χ2n) is 7.63. The van der Waals surface area contributed by atoms with Crippen molar-refractivity contribution in [3.05, 3.63) is 101 Å². The Bertz CT molecular complexity index is 1180. The zero-order valence-corrected chi connectivity index (χ0v) is 19.1. The summed E-state index contributed by atoms with van der Waals surface area (Å²) in [6.07, 6.45) is 1.71. The number of nitrogens with zero attached hydrogens (tertiary/aromatic N) is 2. The lowest BCUT2D eigenvalue weighted by Crippen LogP contribution is -2.27. The molecule has 0 saturated heterocycles. The largest absolute Gasteiger partial charge is 0.361 e. The van der Waals surface area contributed by atoms with E-state index in [-0.39, 0.29) is 11.9 Å². The second-order valence-corrected chi connectivity index (χ2v) is 8.59. The third kappa shape index (κ3) is 4.92. The van der Waals surface area contributed by atoms with Crippen LogP contribution in [0.1, 0.15) is 45.9 Å². The maximum Gasteiger partial charge on any atom is 0.254 e. The van der Waals surface area contributed by atoms with Crippen LogP contribution in [0.3, 0.4) is 0 Å². The first-order valence-electron chi connectivity index (χ1n) is 10.5. The zero-order valence-electron chi connectivity index (χ0n) is 18.3. The SMILES string of the molecule is Cc1noc(C)c1CSc1ncccc1C(=O)NC(C)c1ccc(-c2ccccc2)cc1. The van der Waals surface area contributed by atoms with Crippen LogP contribution in [0.4, 0.5) is 0 Å². The molecular formula is C26H25N3O2S. The lowest BCUT2D eigenvalue weighted by molar-refractivity contribution is 0.0936. The number of aryl methyl sites for hydroxylation is 2. The van der Waals surface area contributed by atoms with Gasteiger partial charge in [0.25, 0.3) is 5.91 Å². The van der Waals surface area contributed by atoms with E-state index in [1.807, 2.05) is 45.0 Å². The molecule has 5 nitrogen and oxygen atoms in total. The molecule has 2 heterocycles. The van der Waals surface area contributed by atoms with E-state index in [2.05, 4.69) is 51.9 Å². The molecule has 6 heteroatoms. The van der Waals surface area contributed by atoms with Crippen LogP contribution in [0.2, 0.25) is 0 Å². The highest BCUT2D eigenvalue weighted by Gasteiger charge is 2.17. The van der Waals surface area contributed by atoms with Crippen molar-refractivity contribution in [3.8, 4) is 11.1 Å². The molecule has 1 unspecified atom stereocenters. The Labute approximate surface area is 192 Å². The lowest BCUT2D eigenvalue weighted by Gasteiger charge is -2.16. The van der Waals surface area contributed by atoms with Gasteiger partial charge in [0, 0.05) is 17.5 Å². The van der Waals surface area contributed by atoms with E-state index in [4.69, 9.17) is 4.52 Å². The number of aromatic nitrogens is 2. The lowest BCUT2D eigenvalue weighted by atomic mass is 10.0. The number of carbonyl (C=O) groups is 1. The predicted octanol–water partition coefficient (Wildman–Crippen LogP) is 6.14. The number of pyridine rings is 1. The molecular weight excluding hydrogens is 418 g/mol. The molecule has 2 aromatic carbocycles. The maximum absolute atomic E-state index is 13.0. The van der Waals surface area contributed by atoms with Crippen LogP contribution in [0, 0.1) is 13.8 Å². The fraction of sp³-hybridized carbons (Fsp3) is 0.192. The molecule has 0 bridgehead atoms. The molecule has 4 rings (SSSR count). The Kier molecular flexibility index (Phi) is 6.71. The summed E-state index contributed by atoms with van der Waals surface area (Å²) in [5, 5.41) is 7.79. The second kappa shape index (κ2) is 9.83. The number of nitrogens with one attached hydrogen (secondary N) is 1. The van der Waals surface area contributed by atoms with Gasteiger partial charge in [0.15, 0.2) is 0 Å². The van der Waals surface area contributed by atoms with Gasteiger partial charge < -0.3 is 9.84 Å². The molecule has 0 fully saturated rings. The minimum atomic E-state index is -0.140. The van der Waals surface area contributed by atoms with Gasteiger partial charge in [-0.3, -0.25) is 4.79 Å². The summed E-state index contributed by atoms with van der Waals surface area (Å²) in [7, 11) is 0. The molecule has 1 N–H and O–H groups in total. The Hall–Kier alpha value is -3.38. The van der Waals surface area contributed by atoms with Gasteiger partial charge in [0.05, 0.1) is 17.3 Å². The summed E-state index contributed by atoms with van der Waals surface area (Å²) in [5.41, 5.74) is 5.84. The summed E-state index contributed by atoms with van der Waals surface area (Å²) in [6.45, 7) is 5.80. The number of amides is 1. The van der Waals surface area contributed by atoms with Crippen LogP contribution in [0.25, 0.3) is 11.1 Å². The van der Waals surface area contributed by atoms with Gasteiger partial charge in [-0.2, -0.15) is 0 Å². The average Bonchev–Trinajstić information content (AvgIpc) is 3.15. The van der Waals surface area contributed by atoms with Crippen LogP contribution in [-0.4, -0.2) is 16.0 Å². The zero-order chi connectivity index (χ0) is 22.5. The number of hydrogen-bond donors (Lipinski definition) is 1. The standard InChI is InChI=1S/C26H25N3O2S/c1-17(20-11-13-22(14-12-20)21-8-5-4-6-9-21)28-25(30)23-10-7-15-27-26(23)32-16-24-18(2)29-31-19(24)3/h4-15,17H,16H2,1-3H3,(H,28,30). The Morgan fingerprint density at radius 3 is 2.41 bits per heavy atom. The minimum Gasteiger partial charge on any atom is -0.361 e. The van der Waals surface area contributed by atoms with E-state index in [9.17, 15) is 4.79 Å². The first kappa shape index (κ1) is 21.8. The maximum atomic E-state index is 13.0. The van der Waals surface area contributed by atoms with Crippen molar-refractivity contribution in [3.63, 3.8) is 0 Å². The number of benzene rings is 2. The molecule has 4 aromatic rings. The Morgan fingerprint density at radius 2 is 1.72 bits per heavy atom. The van der Waals surface area contributed by atoms with E-state index in [0.29, 0.717) is 16.3 Å². The molecule has 0 aliphatic carbocycles. The van der Waals surface area contributed by atoms with E-state index < -0.39 is 0 Å². The van der Waals surface area contributed by atoms with Gasteiger partial charge in [-0.1, -0.05) is 59.8 Å². The molecule has 0 radical (unpaired) electrons. The van der Waals surface area contributed by atoms with Crippen LogP contribution < -0.4 is 5.32 Å². The van der Waals surface area contributed by atoms with Crippen LogP contribution in [0.5, 0.6) is 0 Å². The molecule has 2 aromatic heterocycles. The molecule has 162 valence electrons. The smallest absolute Gasteiger partial charge is 0.254 e. The van der Waals surface area contributed by atoms with E-state index in [1.165, 1.54) is 17.3 Å². The fourth-order valence-corrected chi connectivity index (χ4v) is 4.62. The van der Waals surface area contributed by atoms with E-state index in [0.717, 1.165) is 28.1 Å². The van der Waals surface area contributed by atoms with Crippen molar-refractivity contribution < 1.29 is 9.32 Å². The number of hydrogen-bond acceptors (Lipinski definition) is 5. The summed E-state index contributed by atoms with van der Waals surface area (Å²) in [5.74, 6) is 1.30. The first-order chi connectivity index (χ1) is 15.5. The minimum absolute atomic E-state index is 0.132.